The first-order valence-electron chi connectivity index (χ1n) is 10.1. The van der Waals surface area contributed by atoms with E-state index in [1.165, 1.54) is 4.90 Å². The second-order valence-corrected chi connectivity index (χ2v) is 7.16. The number of carbonyl (C=O) groups excluding carboxylic acids is 2. The van der Waals surface area contributed by atoms with Gasteiger partial charge in [0.1, 0.15) is 0 Å². The van der Waals surface area contributed by atoms with Crippen molar-refractivity contribution in [2.24, 2.45) is 0 Å². The Kier molecular flexibility index (Phi) is 7.17. The van der Waals surface area contributed by atoms with E-state index in [0.29, 0.717) is 29.3 Å². The van der Waals surface area contributed by atoms with E-state index in [1.54, 1.807) is 40.3 Å². The number of benzene rings is 1. The van der Waals surface area contributed by atoms with E-state index in [1.807, 2.05) is 6.07 Å². The Morgan fingerprint density at radius 1 is 1.17 bits per heavy atom. The summed E-state index contributed by atoms with van der Waals surface area (Å²) in [6.07, 6.45) is 0. The first kappa shape index (κ1) is 21.9. The molecule has 2 heterocycles. The van der Waals surface area contributed by atoms with Crippen LogP contribution in [0.1, 0.15) is 18.5 Å². The zero-order valence-electron chi connectivity index (χ0n) is 18.0. The minimum Gasteiger partial charge on any atom is -0.493 e. The molecule has 9 heteroatoms. The van der Waals surface area contributed by atoms with Crippen LogP contribution in [-0.2, 0) is 9.53 Å². The minimum absolute atomic E-state index is 0.250. The third-order valence-corrected chi connectivity index (χ3v) is 5.40. The normalized spacial score (nSPS) is 20.1. The molecule has 0 radical (unpaired) electrons. The quantitative estimate of drug-likeness (QED) is 0.641. The molecule has 0 saturated carbocycles. The van der Waals surface area contributed by atoms with Crippen LogP contribution in [0.25, 0.3) is 0 Å². The van der Waals surface area contributed by atoms with Crippen LogP contribution in [0.15, 0.2) is 29.5 Å². The van der Waals surface area contributed by atoms with Gasteiger partial charge in [-0.3, -0.25) is 9.80 Å². The van der Waals surface area contributed by atoms with Crippen molar-refractivity contribution in [3.8, 4) is 11.5 Å². The summed E-state index contributed by atoms with van der Waals surface area (Å²) in [4.78, 5) is 29.5. The smallest absolute Gasteiger partial charge is 0.338 e. The minimum atomic E-state index is -0.648. The van der Waals surface area contributed by atoms with Crippen molar-refractivity contribution in [2.45, 2.75) is 13.0 Å². The molecule has 0 aliphatic carbocycles. The molecule has 1 fully saturated rings. The zero-order chi connectivity index (χ0) is 21.7. The number of rotatable bonds is 7. The number of urea groups is 1. The van der Waals surface area contributed by atoms with Crippen LogP contribution in [0.3, 0.4) is 0 Å². The molecular formula is C21H30N4O5. The maximum Gasteiger partial charge on any atom is 0.338 e. The zero-order valence-corrected chi connectivity index (χ0v) is 18.0. The number of ether oxygens (including phenoxy) is 3. The molecule has 0 bridgehead atoms. The Labute approximate surface area is 176 Å². The Balaban J connectivity index is 2.07. The molecule has 1 aromatic carbocycles. The number of carbonyl (C=O) groups is 2. The van der Waals surface area contributed by atoms with E-state index >= 15 is 0 Å². The number of nitrogens with zero attached hydrogens (tertiary/aromatic N) is 2. The van der Waals surface area contributed by atoms with E-state index in [2.05, 4.69) is 15.5 Å². The maximum absolute atomic E-state index is 13.0. The van der Waals surface area contributed by atoms with Crippen LogP contribution in [0.4, 0.5) is 4.79 Å². The molecule has 2 aliphatic rings. The summed E-state index contributed by atoms with van der Waals surface area (Å²) < 4.78 is 16.1. The van der Waals surface area contributed by atoms with Gasteiger partial charge in [-0.1, -0.05) is 6.07 Å². The highest BCUT2D eigenvalue weighted by Crippen LogP contribution is 2.36. The number of methoxy groups -OCH3 is 2. The maximum atomic E-state index is 13.0. The summed E-state index contributed by atoms with van der Waals surface area (Å²) in [5, 5.41) is 6.25. The molecule has 164 valence electrons. The molecule has 3 rings (SSSR count). The van der Waals surface area contributed by atoms with Gasteiger partial charge in [-0.15, -0.1) is 0 Å². The van der Waals surface area contributed by atoms with Gasteiger partial charge in [0.15, 0.2) is 11.5 Å². The van der Waals surface area contributed by atoms with E-state index in [9.17, 15) is 9.59 Å². The second kappa shape index (κ2) is 9.82. The molecule has 1 unspecified atom stereocenters. The van der Waals surface area contributed by atoms with Crippen LogP contribution in [-0.4, -0.2) is 82.4 Å². The van der Waals surface area contributed by atoms with Gasteiger partial charge in [0.05, 0.1) is 32.4 Å². The van der Waals surface area contributed by atoms with Crippen LogP contribution in [0.5, 0.6) is 11.5 Å². The summed E-state index contributed by atoms with van der Waals surface area (Å²) in [6, 6.07) is 4.44. The number of piperazine rings is 1. The van der Waals surface area contributed by atoms with Crippen molar-refractivity contribution in [1.82, 2.24) is 20.4 Å². The fourth-order valence-electron chi connectivity index (χ4n) is 3.76. The van der Waals surface area contributed by atoms with E-state index in [4.69, 9.17) is 14.2 Å². The average molecular weight is 418 g/mol. The van der Waals surface area contributed by atoms with Crippen LogP contribution < -0.4 is 20.1 Å². The van der Waals surface area contributed by atoms with Gasteiger partial charge < -0.3 is 24.8 Å². The Morgan fingerprint density at radius 2 is 1.87 bits per heavy atom. The highest BCUT2D eigenvalue weighted by Gasteiger charge is 2.37. The summed E-state index contributed by atoms with van der Waals surface area (Å²) in [5.74, 6) is 0.660. The summed E-state index contributed by atoms with van der Waals surface area (Å²) in [5.41, 5.74) is 1.80. The predicted octanol–water partition coefficient (Wildman–Crippen LogP) is 1.12. The lowest BCUT2D eigenvalue weighted by Crippen LogP contribution is -2.51. The van der Waals surface area contributed by atoms with Crippen LogP contribution in [0.2, 0.25) is 0 Å². The molecule has 1 saturated heterocycles. The van der Waals surface area contributed by atoms with Gasteiger partial charge in [0.2, 0.25) is 0 Å². The molecule has 30 heavy (non-hydrogen) atoms. The third-order valence-electron chi connectivity index (χ3n) is 5.40. The van der Waals surface area contributed by atoms with Gasteiger partial charge in [-0.25, -0.2) is 9.59 Å². The van der Waals surface area contributed by atoms with Crippen molar-refractivity contribution in [2.75, 3.05) is 60.6 Å². The number of hydrogen-bond acceptors (Lipinski definition) is 7. The Bertz CT molecular complexity index is 820. The number of nitrogens with one attached hydrogen (secondary N) is 2. The number of amides is 2. The van der Waals surface area contributed by atoms with Crippen molar-refractivity contribution < 1.29 is 23.8 Å². The molecule has 0 aromatic heterocycles. The van der Waals surface area contributed by atoms with Gasteiger partial charge >= 0.3 is 12.0 Å². The molecule has 1 atom stereocenters. The summed E-state index contributed by atoms with van der Waals surface area (Å²) in [6.45, 7) is 5.94. The largest absolute Gasteiger partial charge is 0.493 e. The fourth-order valence-corrected chi connectivity index (χ4v) is 3.76. The standard InChI is InChI=1S/C21H30N4O5/c1-5-30-20(26)18-15(13-25-10-8-22-9-11-25)24(2)21(27)23-19(18)14-6-7-16(28-3)17(12-14)29-4/h6-7,12,19,22H,5,8-11,13H2,1-4H3,(H,23,27). The van der Waals surface area contributed by atoms with E-state index in [0.717, 1.165) is 31.7 Å². The lowest BCUT2D eigenvalue weighted by molar-refractivity contribution is -0.139. The summed E-state index contributed by atoms with van der Waals surface area (Å²) in [7, 11) is 4.79. The molecule has 2 amide bonds. The SMILES string of the molecule is CCOC(=O)C1=C(CN2CCNCC2)N(C)C(=O)NC1c1ccc(OC)c(OC)c1. The molecule has 2 N–H and O–H groups in total. The summed E-state index contributed by atoms with van der Waals surface area (Å²) >= 11 is 0. The van der Waals surface area contributed by atoms with Crippen molar-refractivity contribution in [1.29, 1.82) is 0 Å². The van der Waals surface area contributed by atoms with Gasteiger partial charge in [0.25, 0.3) is 0 Å². The molecule has 9 nitrogen and oxygen atoms in total. The number of esters is 1. The van der Waals surface area contributed by atoms with Gasteiger partial charge in [0, 0.05) is 45.5 Å². The molecule has 0 spiro atoms. The average Bonchev–Trinajstić information content (AvgIpc) is 2.77. The first-order valence-corrected chi connectivity index (χ1v) is 10.1. The predicted molar refractivity (Wildman–Crippen MR) is 112 cm³/mol. The fraction of sp³-hybridized carbons (Fsp3) is 0.524. The van der Waals surface area contributed by atoms with Crippen molar-refractivity contribution >= 4 is 12.0 Å². The number of hydrogen-bond donors (Lipinski definition) is 2. The van der Waals surface area contributed by atoms with Gasteiger partial charge in [-0.05, 0) is 24.6 Å². The number of likely N-dealkylation sites (N-methyl/N-ethyl adjacent to an activating group) is 1. The monoisotopic (exact) mass is 418 g/mol. The molecular weight excluding hydrogens is 388 g/mol. The molecule has 1 aromatic rings. The topological polar surface area (TPSA) is 92.4 Å². The highest BCUT2D eigenvalue weighted by atomic mass is 16.5. The van der Waals surface area contributed by atoms with Gasteiger partial charge in [-0.2, -0.15) is 0 Å². The van der Waals surface area contributed by atoms with E-state index in [-0.39, 0.29) is 12.6 Å². The first-order chi connectivity index (χ1) is 14.5. The second-order valence-electron chi connectivity index (χ2n) is 7.16. The lowest BCUT2D eigenvalue weighted by atomic mass is 9.94. The Hall–Kier alpha value is -2.78. The highest BCUT2D eigenvalue weighted by molar-refractivity contribution is 5.95. The van der Waals surface area contributed by atoms with Crippen molar-refractivity contribution in [3.05, 3.63) is 35.0 Å². The van der Waals surface area contributed by atoms with Crippen molar-refractivity contribution in [3.63, 3.8) is 0 Å². The van der Waals surface area contributed by atoms with Crippen LogP contribution in [0, 0.1) is 0 Å². The Morgan fingerprint density at radius 3 is 2.50 bits per heavy atom. The third kappa shape index (κ3) is 4.52. The molecule has 2 aliphatic heterocycles. The lowest BCUT2D eigenvalue weighted by Gasteiger charge is -2.37. The van der Waals surface area contributed by atoms with Crippen LogP contribution >= 0.6 is 0 Å². The van der Waals surface area contributed by atoms with E-state index < -0.39 is 12.0 Å².